The Morgan fingerprint density at radius 3 is 2.68 bits per heavy atom. The number of nitriles is 1. The van der Waals surface area contributed by atoms with Gasteiger partial charge >= 0.3 is 5.97 Å². The Labute approximate surface area is 144 Å². The van der Waals surface area contributed by atoms with E-state index in [2.05, 4.69) is 4.98 Å². The number of hydrogen-bond donors (Lipinski definition) is 1. The standard InChI is InChI=1S/C18H16N4O3/c1-21-9-5-8-15(21)18(24)25-11-16(23)12(10-19)17-20-13-6-3-4-7-14(13)22(17)2/h3-9,23H,11H2,1-2H3/b16-12-. The molecule has 0 atom stereocenters. The molecule has 2 heterocycles. The van der Waals surface area contributed by atoms with Gasteiger partial charge in [0.25, 0.3) is 0 Å². The highest BCUT2D eigenvalue weighted by Crippen LogP contribution is 2.22. The van der Waals surface area contributed by atoms with Crippen molar-refractivity contribution in [3.8, 4) is 6.07 Å². The summed E-state index contributed by atoms with van der Waals surface area (Å²) in [5, 5.41) is 19.7. The lowest BCUT2D eigenvalue weighted by Gasteiger charge is -2.07. The molecule has 0 saturated carbocycles. The zero-order chi connectivity index (χ0) is 18.0. The first kappa shape index (κ1) is 16.3. The van der Waals surface area contributed by atoms with Crippen molar-refractivity contribution in [3.63, 3.8) is 0 Å². The van der Waals surface area contributed by atoms with Gasteiger partial charge in [-0.2, -0.15) is 5.26 Å². The number of aryl methyl sites for hydroxylation is 2. The molecule has 25 heavy (non-hydrogen) atoms. The molecule has 0 amide bonds. The average molecular weight is 336 g/mol. The SMILES string of the molecule is Cn1cccc1C(=O)OC/C(O)=C(\C#N)c1nc2ccccc2n1C. The minimum Gasteiger partial charge on any atom is -0.507 e. The molecule has 7 nitrogen and oxygen atoms in total. The second-order valence-corrected chi connectivity index (χ2v) is 5.50. The Hall–Kier alpha value is -3.53. The molecule has 0 aliphatic heterocycles. The molecule has 0 unspecified atom stereocenters. The summed E-state index contributed by atoms with van der Waals surface area (Å²) in [5.74, 6) is -0.610. The van der Waals surface area contributed by atoms with Gasteiger partial charge in [-0.1, -0.05) is 12.1 Å². The van der Waals surface area contributed by atoms with Gasteiger partial charge in [-0.3, -0.25) is 0 Å². The van der Waals surface area contributed by atoms with E-state index in [4.69, 9.17) is 4.74 Å². The number of allylic oxidation sites excluding steroid dienone is 1. The van der Waals surface area contributed by atoms with Gasteiger partial charge < -0.3 is 19.0 Å². The van der Waals surface area contributed by atoms with Crippen molar-refractivity contribution >= 4 is 22.6 Å². The smallest absolute Gasteiger partial charge is 0.355 e. The van der Waals surface area contributed by atoms with Crippen LogP contribution in [0.2, 0.25) is 0 Å². The zero-order valence-electron chi connectivity index (χ0n) is 13.8. The minimum atomic E-state index is -0.582. The number of esters is 1. The van der Waals surface area contributed by atoms with E-state index in [1.54, 1.807) is 41.6 Å². The summed E-state index contributed by atoms with van der Waals surface area (Å²) in [4.78, 5) is 16.4. The van der Waals surface area contributed by atoms with Crippen LogP contribution in [0.15, 0.2) is 48.4 Å². The Kier molecular flexibility index (Phi) is 4.27. The first-order chi connectivity index (χ1) is 12.0. The summed E-state index contributed by atoms with van der Waals surface area (Å²) in [6.45, 7) is -0.407. The van der Waals surface area contributed by atoms with Crippen molar-refractivity contribution < 1.29 is 14.6 Å². The number of imidazole rings is 1. The van der Waals surface area contributed by atoms with Crippen molar-refractivity contribution in [1.82, 2.24) is 14.1 Å². The molecule has 0 radical (unpaired) electrons. The van der Waals surface area contributed by atoms with Crippen molar-refractivity contribution in [3.05, 3.63) is 59.9 Å². The molecule has 1 N–H and O–H groups in total. The third-order valence-corrected chi connectivity index (χ3v) is 3.90. The van der Waals surface area contributed by atoms with Gasteiger partial charge in [0.2, 0.25) is 0 Å². The summed E-state index contributed by atoms with van der Waals surface area (Å²) in [6.07, 6.45) is 1.71. The maximum atomic E-state index is 12.0. The second kappa shape index (κ2) is 6.53. The van der Waals surface area contributed by atoms with E-state index >= 15 is 0 Å². The molecule has 3 aromatic rings. The van der Waals surface area contributed by atoms with E-state index in [1.807, 2.05) is 30.3 Å². The lowest BCUT2D eigenvalue weighted by Crippen LogP contribution is -2.12. The highest BCUT2D eigenvalue weighted by atomic mass is 16.5. The summed E-state index contributed by atoms with van der Waals surface area (Å²) in [7, 11) is 3.47. The minimum absolute atomic E-state index is 0.0293. The van der Waals surface area contributed by atoms with E-state index < -0.39 is 12.6 Å². The van der Waals surface area contributed by atoms with Crippen LogP contribution >= 0.6 is 0 Å². The van der Waals surface area contributed by atoms with Crippen molar-refractivity contribution in [2.24, 2.45) is 14.1 Å². The fourth-order valence-corrected chi connectivity index (χ4v) is 2.57. The van der Waals surface area contributed by atoms with E-state index in [0.29, 0.717) is 17.0 Å². The highest BCUT2D eigenvalue weighted by molar-refractivity contribution is 5.88. The molecule has 0 saturated heterocycles. The Morgan fingerprint density at radius 1 is 1.28 bits per heavy atom. The van der Waals surface area contributed by atoms with Crippen LogP contribution in [0.1, 0.15) is 16.3 Å². The molecule has 7 heteroatoms. The number of fused-ring (bicyclic) bond motifs is 1. The number of carbonyl (C=O) groups is 1. The predicted octanol–water partition coefficient (Wildman–Crippen LogP) is 2.56. The number of benzene rings is 1. The summed E-state index contributed by atoms with van der Waals surface area (Å²) in [5.41, 5.74) is 1.87. The first-order valence-corrected chi connectivity index (χ1v) is 7.55. The van der Waals surface area contributed by atoms with Crippen LogP contribution < -0.4 is 0 Å². The van der Waals surface area contributed by atoms with Crippen molar-refractivity contribution in [2.45, 2.75) is 0 Å². The average Bonchev–Trinajstić information content (AvgIpc) is 3.18. The van der Waals surface area contributed by atoms with Crippen LogP contribution in [0.4, 0.5) is 0 Å². The second-order valence-electron chi connectivity index (χ2n) is 5.50. The van der Waals surface area contributed by atoms with Gasteiger partial charge in [0.05, 0.1) is 11.0 Å². The van der Waals surface area contributed by atoms with Gasteiger partial charge in [-0.25, -0.2) is 9.78 Å². The Balaban J connectivity index is 1.88. The molecule has 0 fully saturated rings. The quantitative estimate of drug-likeness (QED) is 0.449. The summed E-state index contributed by atoms with van der Waals surface area (Å²) in [6, 6.07) is 12.7. The van der Waals surface area contributed by atoms with Gasteiger partial charge in [-0.15, -0.1) is 0 Å². The fraction of sp³-hybridized carbons (Fsp3) is 0.167. The van der Waals surface area contributed by atoms with Gasteiger partial charge in [0.15, 0.2) is 11.6 Å². The Morgan fingerprint density at radius 2 is 2.04 bits per heavy atom. The normalized spacial score (nSPS) is 11.9. The number of ether oxygens (including phenoxy) is 1. The Bertz CT molecular complexity index is 1020. The zero-order valence-corrected chi connectivity index (χ0v) is 13.8. The summed E-state index contributed by atoms with van der Waals surface area (Å²) < 4.78 is 8.41. The number of aliphatic hydroxyl groups is 1. The molecule has 0 aliphatic carbocycles. The number of carbonyl (C=O) groups excluding carboxylic acids is 1. The highest BCUT2D eigenvalue weighted by Gasteiger charge is 2.18. The van der Waals surface area contributed by atoms with Crippen LogP contribution in [0, 0.1) is 11.3 Å². The number of para-hydroxylation sites is 2. The topological polar surface area (TPSA) is 93.1 Å². The van der Waals surface area contributed by atoms with Gasteiger partial charge in [0.1, 0.15) is 23.9 Å². The monoisotopic (exact) mass is 336 g/mol. The van der Waals surface area contributed by atoms with Crippen LogP contribution in [0.5, 0.6) is 0 Å². The molecule has 0 bridgehead atoms. The van der Waals surface area contributed by atoms with Gasteiger partial charge in [-0.05, 0) is 24.3 Å². The van der Waals surface area contributed by atoms with E-state index in [0.717, 1.165) is 5.52 Å². The molecule has 0 spiro atoms. The molecular weight excluding hydrogens is 320 g/mol. The number of hydrogen-bond acceptors (Lipinski definition) is 5. The van der Waals surface area contributed by atoms with Crippen molar-refractivity contribution in [2.75, 3.05) is 6.61 Å². The maximum Gasteiger partial charge on any atom is 0.355 e. The fourth-order valence-electron chi connectivity index (χ4n) is 2.57. The third kappa shape index (κ3) is 2.97. The molecular formula is C18H16N4O3. The summed E-state index contributed by atoms with van der Waals surface area (Å²) >= 11 is 0. The van der Waals surface area contributed by atoms with E-state index in [1.165, 1.54) is 0 Å². The third-order valence-electron chi connectivity index (χ3n) is 3.90. The van der Waals surface area contributed by atoms with Gasteiger partial charge in [0, 0.05) is 20.3 Å². The molecule has 3 rings (SSSR count). The molecule has 126 valence electrons. The van der Waals surface area contributed by atoms with E-state index in [-0.39, 0.29) is 11.3 Å². The van der Waals surface area contributed by atoms with Crippen LogP contribution in [-0.4, -0.2) is 31.8 Å². The lowest BCUT2D eigenvalue weighted by molar-refractivity contribution is 0.0492. The number of aromatic nitrogens is 3. The number of aliphatic hydroxyl groups excluding tert-OH is 1. The number of rotatable bonds is 4. The molecule has 1 aromatic carbocycles. The van der Waals surface area contributed by atoms with E-state index in [9.17, 15) is 15.2 Å². The van der Waals surface area contributed by atoms with Crippen LogP contribution in [-0.2, 0) is 18.8 Å². The molecule has 2 aromatic heterocycles. The van der Waals surface area contributed by atoms with Crippen LogP contribution in [0.3, 0.4) is 0 Å². The predicted molar refractivity (Wildman–Crippen MR) is 91.6 cm³/mol. The molecule has 0 aliphatic rings. The number of nitrogens with zero attached hydrogens (tertiary/aromatic N) is 4. The van der Waals surface area contributed by atoms with Crippen LogP contribution in [0.25, 0.3) is 16.6 Å². The lowest BCUT2D eigenvalue weighted by atomic mass is 10.2. The largest absolute Gasteiger partial charge is 0.507 e. The first-order valence-electron chi connectivity index (χ1n) is 7.55. The van der Waals surface area contributed by atoms with Crippen molar-refractivity contribution in [1.29, 1.82) is 5.26 Å². The maximum absolute atomic E-state index is 12.0.